The Morgan fingerprint density at radius 1 is 1.17 bits per heavy atom. The molecular weight excluding hydrogens is 482 g/mol. The number of aryl methyl sites for hydroxylation is 1. The van der Waals surface area contributed by atoms with Gasteiger partial charge in [0, 0.05) is 15.8 Å². The summed E-state index contributed by atoms with van der Waals surface area (Å²) in [6, 6.07) is 8.16. The van der Waals surface area contributed by atoms with Crippen LogP contribution in [0.25, 0.3) is 21.3 Å². The molecule has 4 aromatic rings. The van der Waals surface area contributed by atoms with Crippen molar-refractivity contribution in [2.24, 2.45) is 0 Å². The van der Waals surface area contributed by atoms with Crippen molar-refractivity contribution < 1.29 is 14.3 Å². The molecule has 0 bridgehead atoms. The summed E-state index contributed by atoms with van der Waals surface area (Å²) in [7, 11) is 0. The maximum Gasteiger partial charge on any atom is 0.341 e. The van der Waals surface area contributed by atoms with Gasteiger partial charge < -0.3 is 10.1 Å². The molecule has 0 atom stereocenters. The lowest BCUT2D eigenvalue weighted by Crippen LogP contribution is -2.28. The second-order valence-corrected chi connectivity index (χ2v) is 10.6. The van der Waals surface area contributed by atoms with Crippen molar-refractivity contribution in [3.05, 3.63) is 67.9 Å². The van der Waals surface area contributed by atoms with E-state index in [2.05, 4.69) is 36.3 Å². The molecule has 1 aromatic carbocycles. The highest BCUT2D eigenvalue weighted by atomic mass is 32.1. The third-order valence-corrected chi connectivity index (χ3v) is 7.89. The predicted molar refractivity (Wildman–Crippen MR) is 142 cm³/mol. The van der Waals surface area contributed by atoms with Gasteiger partial charge in [-0.1, -0.05) is 38.1 Å². The molecule has 0 saturated heterocycles. The first-order valence-electron chi connectivity index (χ1n) is 11.3. The number of ether oxygens (including phenoxy) is 1. The van der Waals surface area contributed by atoms with Gasteiger partial charge in [-0.15, -0.1) is 22.7 Å². The van der Waals surface area contributed by atoms with Crippen LogP contribution in [0.2, 0.25) is 0 Å². The topological polar surface area (TPSA) is 90.3 Å². The summed E-state index contributed by atoms with van der Waals surface area (Å²) in [4.78, 5) is 44.6. The van der Waals surface area contributed by atoms with Gasteiger partial charge >= 0.3 is 5.97 Å². The molecule has 0 unspecified atom stereocenters. The highest BCUT2D eigenvalue weighted by Gasteiger charge is 2.22. The molecule has 0 spiro atoms. The Bertz CT molecular complexity index is 1460. The summed E-state index contributed by atoms with van der Waals surface area (Å²) in [5.74, 6) is -0.477. The van der Waals surface area contributed by atoms with Crippen LogP contribution in [0.4, 0.5) is 5.00 Å². The fourth-order valence-corrected chi connectivity index (χ4v) is 5.80. The van der Waals surface area contributed by atoms with Crippen molar-refractivity contribution in [3.63, 3.8) is 0 Å². The van der Waals surface area contributed by atoms with Gasteiger partial charge in [0.05, 0.1) is 23.9 Å². The average molecular weight is 510 g/mol. The summed E-state index contributed by atoms with van der Waals surface area (Å²) < 4.78 is 6.45. The second-order valence-electron chi connectivity index (χ2n) is 8.54. The lowest BCUT2D eigenvalue weighted by Gasteiger charge is -2.09. The highest BCUT2D eigenvalue weighted by molar-refractivity contribution is 7.17. The van der Waals surface area contributed by atoms with Crippen LogP contribution in [0.1, 0.15) is 53.1 Å². The lowest BCUT2D eigenvalue weighted by atomic mass is 9.99. The molecule has 9 heteroatoms. The second kappa shape index (κ2) is 10.1. The molecule has 182 valence electrons. The molecule has 0 fully saturated rings. The minimum atomic E-state index is -0.476. The molecule has 0 aliphatic rings. The summed E-state index contributed by atoms with van der Waals surface area (Å²) >= 11 is 2.71. The van der Waals surface area contributed by atoms with Crippen molar-refractivity contribution in [3.8, 4) is 11.1 Å². The molecule has 4 rings (SSSR count). The zero-order chi connectivity index (χ0) is 25.3. The summed E-state index contributed by atoms with van der Waals surface area (Å²) in [5, 5.41) is 5.63. The van der Waals surface area contributed by atoms with Gasteiger partial charge in [-0.2, -0.15) is 0 Å². The van der Waals surface area contributed by atoms with E-state index in [-0.39, 0.29) is 18.7 Å². The number of aromatic nitrogens is 2. The fourth-order valence-electron chi connectivity index (χ4n) is 3.83. The van der Waals surface area contributed by atoms with E-state index in [0.717, 1.165) is 21.6 Å². The van der Waals surface area contributed by atoms with Crippen LogP contribution in [0.5, 0.6) is 0 Å². The molecule has 0 radical (unpaired) electrons. The van der Waals surface area contributed by atoms with Gasteiger partial charge in [0.25, 0.3) is 5.56 Å². The van der Waals surface area contributed by atoms with Crippen LogP contribution in [0, 0.1) is 13.8 Å². The number of anilines is 1. The lowest BCUT2D eigenvalue weighted by molar-refractivity contribution is -0.116. The van der Waals surface area contributed by atoms with Gasteiger partial charge in [-0.05, 0) is 43.4 Å². The van der Waals surface area contributed by atoms with Crippen molar-refractivity contribution in [1.29, 1.82) is 0 Å². The van der Waals surface area contributed by atoms with E-state index in [4.69, 9.17) is 4.74 Å². The Morgan fingerprint density at radius 2 is 1.89 bits per heavy atom. The SMILES string of the molecule is CCOC(=O)c1c(NC(=O)Cn2cnc3scc(-c4ccc(C(C)C)cc4)c3c2=O)sc(C)c1C. The van der Waals surface area contributed by atoms with Gasteiger partial charge in [-0.3, -0.25) is 14.2 Å². The molecule has 0 aliphatic carbocycles. The van der Waals surface area contributed by atoms with E-state index in [1.54, 1.807) is 6.92 Å². The first-order chi connectivity index (χ1) is 16.7. The molecule has 3 heterocycles. The number of amides is 1. The Balaban J connectivity index is 1.62. The Hall–Kier alpha value is -3.30. The average Bonchev–Trinajstić information content (AvgIpc) is 3.37. The van der Waals surface area contributed by atoms with Gasteiger partial charge in [0.15, 0.2) is 0 Å². The third-order valence-electron chi connectivity index (χ3n) is 5.88. The van der Waals surface area contributed by atoms with Crippen LogP contribution < -0.4 is 10.9 Å². The quantitative estimate of drug-likeness (QED) is 0.321. The van der Waals surface area contributed by atoms with E-state index < -0.39 is 11.9 Å². The number of rotatable bonds is 7. The number of benzene rings is 1. The van der Waals surface area contributed by atoms with E-state index in [1.807, 2.05) is 31.4 Å². The standard InChI is InChI=1S/C26H27N3O4S2/c1-6-33-26(32)21-15(4)16(5)35-24(21)28-20(30)11-29-13-27-23-22(25(29)31)19(12-34-23)18-9-7-17(8-10-18)14(2)3/h7-10,12-14H,6,11H2,1-5H3,(H,28,30). The van der Waals surface area contributed by atoms with Crippen LogP contribution in [-0.4, -0.2) is 28.0 Å². The fraction of sp³-hybridized carbons (Fsp3) is 0.308. The predicted octanol–water partition coefficient (Wildman–Crippen LogP) is 5.74. The smallest absolute Gasteiger partial charge is 0.341 e. The van der Waals surface area contributed by atoms with E-state index >= 15 is 0 Å². The number of hydrogen-bond acceptors (Lipinski definition) is 7. The maximum absolute atomic E-state index is 13.3. The molecule has 0 aliphatic heterocycles. The number of fused-ring (bicyclic) bond motifs is 1. The summed E-state index contributed by atoms with van der Waals surface area (Å²) in [6.45, 7) is 9.73. The van der Waals surface area contributed by atoms with Gasteiger partial charge in [0.2, 0.25) is 5.91 Å². The monoisotopic (exact) mass is 509 g/mol. The molecule has 7 nitrogen and oxygen atoms in total. The Labute approximate surface area is 211 Å². The molecule has 1 N–H and O–H groups in total. The Kier molecular flexibility index (Phi) is 7.18. The number of nitrogens with one attached hydrogen (secondary N) is 1. The van der Waals surface area contributed by atoms with E-state index in [0.29, 0.717) is 26.7 Å². The van der Waals surface area contributed by atoms with Crippen molar-refractivity contribution in [1.82, 2.24) is 9.55 Å². The normalized spacial score (nSPS) is 11.3. The van der Waals surface area contributed by atoms with Crippen molar-refractivity contribution >= 4 is 49.8 Å². The van der Waals surface area contributed by atoms with Crippen LogP contribution >= 0.6 is 22.7 Å². The van der Waals surface area contributed by atoms with E-state index in [9.17, 15) is 14.4 Å². The molecule has 3 aromatic heterocycles. The van der Waals surface area contributed by atoms with Gasteiger partial charge in [-0.25, -0.2) is 9.78 Å². The Morgan fingerprint density at radius 3 is 2.54 bits per heavy atom. The van der Waals surface area contributed by atoms with Crippen LogP contribution in [0.15, 0.2) is 40.8 Å². The number of esters is 1. The molecule has 35 heavy (non-hydrogen) atoms. The zero-order valence-corrected chi connectivity index (χ0v) is 21.9. The first kappa shape index (κ1) is 24.8. The minimum Gasteiger partial charge on any atom is -0.462 e. The van der Waals surface area contributed by atoms with Crippen LogP contribution in [0.3, 0.4) is 0 Å². The van der Waals surface area contributed by atoms with E-state index in [1.165, 1.54) is 39.1 Å². The van der Waals surface area contributed by atoms with Gasteiger partial charge in [0.1, 0.15) is 16.4 Å². The number of carbonyl (C=O) groups excluding carboxylic acids is 2. The molecule has 0 saturated carbocycles. The first-order valence-corrected chi connectivity index (χ1v) is 13.0. The number of nitrogens with zero attached hydrogens (tertiary/aromatic N) is 2. The zero-order valence-electron chi connectivity index (χ0n) is 20.3. The summed E-state index contributed by atoms with van der Waals surface area (Å²) in [6.07, 6.45) is 1.39. The number of carbonyl (C=O) groups is 2. The maximum atomic E-state index is 13.3. The third kappa shape index (κ3) is 4.92. The molecular formula is C26H27N3O4S2. The summed E-state index contributed by atoms with van der Waals surface area (Å²) in [5.41, 5.74) is 3.82. The van der Waals surface area contributed by atoms with Crippen LogP contribution in [-0.2, 0) is 16.1 Å². The van der Waals surface area contributed by atoms with Crippen molar-refractivity contribution in [2.45, 2.75) is 47.1 Å². The largest absolute Gasteiger partial charge is 0.462 e. The highest BCUT2D eigenvalue weighted by Crippen LogP contribution is 2.33. The number of thiophene rings is 2. The molecule has 1 amide bonds. The minimum absolute atomic E-state index is 0.221. The number of hydrogen-bond donors (Lipinski definition) is 1. The van der Waals surface area contributed by atoms with Crippen molar-refractivity contribution in [2.75, 3.05) is 11.9 Å².